The second-order valence-electron chi connectivity index (χ2n) is 18.4. The molecule has 10 rings (SSSR count). The highest BCUT2D eigenvalue weighted by atomic mass is 19.4. The van der Waals surface area contributed by atoms with Crippen LogP contribution in [0.1, 0.15) is 131 Å². The predicted molar refractivity (Wildman–Crippen MR) is 226 cm³/mol. The third-order valence-electron chi connectivity index (χ3n) is 13.6. The molecule has 2 saturated carbocycles. The van der Waals surface area contributed by atoms with Crippen LogP contribution in [0.5, 0.6) is 11.5 Å². The monoisotopic (exact) mass is 922 g/mol. The minimum Gasteiger partial charge on any atom is -0.406 e. The number of ether oxygens (including phenoxy) is 4. The smallest absolute Gasteiger partial charge is 0.406 e. The van der Waals surface area contributed by atoms with Gasteiger partial charge in [-0.15, -0.1) is 26.3 Å². The lowest BCUT2D eigenvalue weighted by molar-refractivity contribution is -0.275. The van der Waals surface area contributed by atoms with Crippen molar-refractivity contribution in [1.82, 2.24) is 29.7 Å². The van der Waals surface area contributed by atoms with Gasteiger partial charge < -0.3 is 28.7 Å². The summed E-state index contributed by atoms with van der Waals surface area (Å²) in [4.78, 5) is 47.0. The van der Waals surface area contributed by atoms with Gasteiger partial charge in [-0.2, -0.15) is 0 Å². The first-order valence-electron chi connectivity index (χ1n) is 22.8. The number of halogens is 6. The molecule has 2 atom stereocenters. The number of aryl methyl sites for hydroxylation is 4. The number of hydrogen-bond donors (Lipinski definition) is 0. The number of rotatable bonds is 12. The van der Waals surface area contributed by atoms with Crippen LogP contribution in [-0.4, -0.2) is 105 Å². The highest BCUT2D eigenvalue weighted by Gasteiger charge is 2.50. The molecule has 2 aliphatic carbocycles. The summed E-state index contributed by atoms with van der Waals surface area (Å²) >= 11 is 0. The summed E-state index contributed by atoms with van der Waals surface area (Å²) in [6.07, 6.45) is 8.27. The third kappa shape index (κ3) is 11.1. The van der Waals surface area contributed by atoms with Crippen molar-refractivity contribution in [2.45, 2.75) is 126 Å². The largest absolute Gasteiger partial charge is 0.573 e. The quantitative estimate of drug-likeness (QED) is 0.127. The van der Waals surface area contributed by atoms with E-state index in [1.54, 1.807) is 24.8 Å². The summed E-state index contributed by atoms with van der Waals surface area (Å²) in [5.74, 6) is 1.18. The molecule has 12 nitrogen and oxygen atoms in total. The summed E-state index contributed by atoms with van der Waals surface area (Å²) in [5, 5.41) is 0. The number of benzene rings is 2. The van der Waals surface area contributed by atoms with Gasteiger partial charge in [-0.3, -0.25) is 9.59 Å². The number of nitrogens with zero attached hydrogens (tertiary/aromatic N) is 6. The molecule has 4 saturated heterocycles. The van der Waals surface area contributed by atoms with Gasteiger partial charge >= 0.3 is 12.7 Å². The fourth-order valence-corrected chi connectivity index (χ4v) is 9.57. The Kier molecular flexibility index (Phi) is 13.0. The molecule has 2 aromatic carbocycles. The number of alkyl halides is 6. The zero-order chi connectivity index (χ0) is 46.1. The Bertz CT molecular complexity index is 2200. The Morgan fingerprint density at radius 1 is 0.576 bits per heavy atom. The van der Waals surface area contributed by atoms with Crippen LogP contribution in [0.25, 0.3) is 0 Å². The Morgan fingerprint density at radius 3 is 1.27 bits per heavy atom. The van der Waals surface area contributed by atoms with Gasteiger partial charge in [-0.25, -0.2) is 19.9 Å². The number of carbonyl (C=O) groups excluding carboxylic acids is 2. The Morgan fingerprint density at radius 2 is 0.970 bits per heavy atom. The van der Waals surface area contributed by atoms with E-state index in [0.29, 0.717) is 86.6 Å². The number of aromatic nitrogens is 4. The number of amides is 2. The molecule has 6 heterocycles. The molecular weight excluding hydrogens is 871 g/mol. The molecule has 0 N–H and O–H groups in total. The predicted octanol–water partition coefficient (Wildman–Crippen LogP) is 8.87. The number of likely N-dealkylation sites (tertiary alicyclic amines) is 2. The minimum absolute atomic E-state index is 0.0793. The van der Waals surface area contributed by atoms with Crippen LogP contribution in [0, 0.1) is 0 Å². The molecule has 6 aliphatic rings. The van der Waals surface area contributed by atoms with Gasteiger partial charge in [0.1, 0.15) is 23.1 Å². The van der Waals surface area contributed by atoms with E-state index in [-0.39, 0.29) is 34.4 Å². The third-order valence-corrected chi connectivity index (χ3v) is 13.6. The molecule has 352 valence electrons. The summed E-state index contributed by atoms with van der Waals surface area (Å²) in [6, 6.07) is 9.68. The molecule has 0 radical (unpaired) electrons. The van der Waals surface area contributed by atoms with Crippen molar-refractivity contribution < 1.29 is 54.9 Å². The number of hydrogen-bond acceptors (Lipinski definition) is 10. The van der Waals surface area contributed by atoms with Crippen LogP contribution in [0.3, 0.4) is 0 Å². The maximum absolute atomic E-state index is 12.9. The summed E-state index contributed by atoms with van der Waals surface area (Å²) in [5.41, 5.74) is 3.78. The van der Waals surface area contributed by atoms with E-state index in [9.17, 15) is 35.9 Å². The van der Waals surface area contributed by atoms with Gasteiger partial charge in [-0.1, -0.05) is 12.1 Å². The van der Waals surface area contributed by atoms with Gasteiger partial charge in [0.25, 0.3) is 11.8 Å². The highest BCUT2D eigenvalue weighted by Crippen LogP contribution is 2.44. The lowest BCUT2D eigenvalue weighted by Crippen LogP contribution is -2.65. The first-order valence-corrected chi connectivity index (χ1v) is 22.8. The van der Waals surface area contributed by atoms with Crippen LogP contribution in [-0.2, 0) is 35.2 Å². The first kappa shape index (κ1) is 45.8. The zero-order valence-corrected chi connectivity index (χ0v) is 36.5. The molecule has 0 unspecified atom stereocenters. The van der Waals surface area contributed by atoms with E-state index < -0.39 is 12.7 Å². The van der Waals surface area contributed by atoms with Crippen molar-refractivity contribution in [3.8, 4) is 11.5 Å². The van der Waals surface area contributed by atoms with Crippen LogP contribution in [0.2, 0.25) is 0 Å². The first-order chi connectivity index (χ1) is 31.6. The molecule has 4 aromatic rings. The maximum Gasteiger partial charge on any atom is 0.573 e. The van der Waals surface area contributed by atoms with Crippen LogP contribution in [0.4, 0.5) is 26.3 Å². The molecular formula is C48H52F6N6O6. The van der Waals surface area contributed by atoms with Gasteiger partial charge in [0, 0.05) is 63.9 Å². The van der Waals surface area contributed by atoms with Gasteiger partial charge in [0.2, 0.25) is 0 Å². The van der Waals surface area contributed by atoms with Crippen molar-refractivity contribution in [2.75, 3.05) is 39.5 Å². The molecule has 2 amide bonds. The van der Waals surface area contributed by atoms with Crippen molar-refractivity contribution in [1.29, 1.82) is 0 Å². The summed E-state index contributed by atoms with van der Waals surface area (Å²) < 4.78 is 95.7. The Balaban J connectivity index is 0.000000166. The second-order valence-corrected chi connectivity index (χ2v) is 18.4. The van der Waals surface area contributed by atoms with Gasteiger partial charge in [0.05, 0.1) is 35.4 Å². The molecule has 18 heteroatoms. The normalized spacial score (nSPS) is 22.8. The van der Waals surface area contributed by atoms with E-state index in [1.807, 2.05) is 21.9 Å². The van der Waals surface area contributed by atoms with Gasteiger partial charge in [-0.05, 0) is 135 Å². The van der Waals surface area contributed by atoms with Crippen LogP contribution >= 0.6 is 0 Å². The molecule has 0 bridgehead atoms. The van der Waals surface area contributed by atoms with Crippen molar-refractivity contribution in [3.05, 3.63) is 106 Å². The lowest BCUT2D eigenvalue weighted by Gasteiger charge is -2.54. The summed E-state index contributed by atoms with van der Waals surface area (Å²) in [7, 11) is 0. The van der Waals surface area contributed by atoms with Crippen molar-refractivity contribution in [2.24, 2.45) is 0 Å². The lowest BCUT2D eigenvalue weighted by atomic mass is 9.79. The van der Waals surface area contributed by atoms with Crippen LogP contribution in [0.15, 0.2) is 61.2 Å². The van der Waals surface area contributed by atoms with E-state index in [0.717, 1.165) is 99.7 Å². The Hall–Kier alpha value is -5.36. The van der Waals surface area contributed by atoms with E-state index in [4.69, 9.17) is 9.47 Å². The Labute approximate surface area is 378 Å². The van der Waals surface area contributed by atoms with E-state index in [1.165, 1.54) is 24.3 Å². The second kappa shape index (κ2) is 18.7. The van der Waals surface area contributed by atoms with E-state index >= 15 is 0 Å². The molecule has 2 spiro atoms. The number of carbonyl (C=O) groups is 2. The van der Waals surface area contributed by atoms with E-state index in [2.05, 4.69) is 29.4 Å². The average molecular weight is 923 g/mol. The molecule has 2 aromatic heterocycles. The standard InChI is InChI=1S/2C24H26F3N3O3/c2*25-24(26,27)33-20-11-16(10-18(12-20)17-3-4-17)2-5-21-28-13-19(14-29-21)22(31)30-8-7-23(30)6-1-9-32-15-23/h2*10-14,17H,1-9,15H2/t2*23-/m10/s1. The highest BCUT2D eigenvalue weighted by molar-refractivity contribution is 5.95. The fourth-order valence-electron chi connectivity index (χ4n) is 9.57. The molecule has 6 fully saturated rings. The van der Waals surface area contributed by atoms with Crippen LogP contribution < -0.4 is 9.47 Å². The average Bonchev–Trinajstić information content (AvgIpc) is 4.22. The zero-order valence-electron chi connectivity index (χ0n) is 36.5. The molecule has 4 aliphatic heterocycles. The van der Waals surface area contributed by atoms with Crippen molar-refractivity contribution in [3.63, 3.8) is 0 Å². The SMILES string of the molecule is O=C(c1cnc(CCc2cc(OC(F)(F)F)cc(C3CC3)c2)nc1)N1CC[C@@]12CCCOC2.O=C(c1cnc(CCc2cc(OC(F)(F)F)cc(C3CC3)c2)nc1)N1CC[C@]12CCCOC2. The summed E-state index contributed by atoms with van der Waals surface area (Å²) in [6.45, 7) is 4.08. The topological polar surface area (TPSA) is 129 Å². The van der Waals surface area contributed by atoms with Gasteiger partial charge in [0.15, 0.2) is 0 Å². The fraction of sp³-hybridized carbons (Fsp3) is 0.542. The molecule has 66 heavy (non-hydrogen) atoms. The minimum atomic E-state index is -4.72. The maximum atomic E-state index is 12.9. The van der Waals surface area contributed by atoms with Crippen molar-refractivity contribution >= 4 is 11.8 Å².